The molecule has 0 saturated carbocycles. The van der Waals surface area contributed by atoms with Crippen LogP contribution in [0.2, 0.25) is 0 Å². The van der Waals surface area contributed by atoms with E-state index in [1.165, 1.54) is 0 Å². The van der Waals surface area contributed by atoms with Crippen LogP contribution in [-0.4, -0.2) is 8.42 Å². The van der Waals surface area contributed by atoms with Gasteiger partial charge in [-0.2, -0.15) is 0 Å². The SMILES string of the molecule is C=CS(=O)(=O)Nc1ccc(CN)cc1.Cl. The van der Waals surface area contributed by atoms with E-state index in [-0.39, 0.29) is 12.4 Å². The maximum Gasteiger partial charge on any atom is 0.254 e. The highest BCUT2D eigenvalue weighted by Crippen LogP contribution is 2.11. The number of hydrogen-bond acceptors (Lipinski definition) is 3. The van der Waals surface area contributed by atoms with Crippen molar-refractivity contribution in [2.45, 2.75) is 6.54 Å². The minimum atomic E-state index is -3.41. The predicted molar refractivity (Wildman–Crippen MR) is 64.3 cm³/mol. The Kier molecular flexibility index (Phi) is 5.35. The first kappa shape index (κ1) is 14.0. The van der Waals surface area contributed by atoms with E-state index in [1.807, 2.05) is 0 Å². The molecule has 4 nitrogen and oxygen atoms in total. The summed E-state index contributed by atoms with van der Waals surface area (Å²) in [6, 6.07) is 6.84. The Hall–Kier alpha value is -1.04. The Balaban J connectivity index is 0.00000196. The smallest absolute Gasteiger partial charge is 0.254 e. The molecule has 6 heteroatoms. The Bertz CT molecular complexity index is 414. The molecule has 1 aromatic carbocycles. The highest BCUT2D eigenvalue weighted by atomic mass is 35.5. The minimum absolute atomic E-state index is 0. The summed E-state index contributed by atoms with van der Waals surface area (Å²) in [5, 5.41) is 0.865. The summed E-state index contributed by atoms with van der Waals surface area (Å²) < 4.78 is 24.5. The second kappa shape index (κ2) is 5.75. The first-order valence-electron chi connectivity index (χ1n) is 4.01. The molecule has 0 aliphatic rings. The van der Waals surface area contributed by atoms with Gasteiger partial charge in [-0.1, -0.05) is 18.7 Å². The number of rotatable bonds is 4. The van der Waals surface area contributed by atoms with Crippen molar-refractivity contribution in [1.82, 2.24) is 0 Å². The molecule has 0 heterocycles. The van der Waals surface area contributed by atoms with Crippen molar-refractivity contribution < 1.29 is 8.42 Å². The summed E-state index contributed by atoms with van der Waals surface area (Å²) in [5.41, 5.74) is 6.85. The van der Waals surface area contributed by atoms with Crippen LogP contribution in [-0.2, 0) is 16.6 Å². The van der Waals surface area contributed by atoms with Crippen molar-refractivity contribution in [3.05, 3.63) is 41.8 Å². The molecule has 1 rings (SSSR count). The van der Waals surface area contributed by atoms with Gasteiger partial charge in [0.25, 0.3) is 10.0 Å². The van der Waals surface area contributed by atoms with Gasteiger partial charge < -0.3 is 5.73 Å². The van der Waals surface area contributed by atoms with Crippen molar-refractivity contribution in [1.29, 1.82) is 0 Å². The number of anilines is 1. The quantitative estimate of drug-likeness (QED) is 0.847. The summed E-state index contributed by atoms with van der Waals surface area (Å²) in [5.74, 6) is 0. The average Bonchev–Trinajstić information content (AvgIpc) is 2.19. The topological polar surface area (TPSA) is 72.2 Å². The van der Waals surface area contributed by atoms with Gasteiger partial charge >= 0.3 is 0 Å². The summed E-state index contributed by atoms with van der Waals surface area (Å²) in [6.45, 7) is 3.63. The summed E-state index contributed by atoms with van der Waals surface area (Å²) in [6.07, 6.45) is 0. The number of sulfonamides is 1. The summed E-state index contributed by atoms with van der Waals surface area (Å²) in [4.78, 5) is 0. The van der Waals surface area contributed by atoms with Crippen molar-refractivity contribution in [3.63, 3.8) is 0 Å². The molecule has 0 amide bonds. The lowest BCUT2D eigenvalue weighted by atomic mass is 10.2. The fourth-order valence-electron chi connectivity index (χ4n) is 0.915. The van der Waals surface area contributed by atoms with Gasteiger partial charge in [0, 0.05) is 17.6 Å². The van der Waals surface area contributed by atoms with Gasteiger partial charge in [-0.3, -0.25) is 4.72 Å². The van der Waals surface area contributed by atoms with E-state index in [0.717, 1.165) is 11.0 Å². The van der Waals surface area contributed by atoms with E-state index in [2.05, 4.69) is 11.3 Å². The largest absolute Gasteiger partial charge is 0.326 e. The molecule has 0 fully saturated rings. The molecule has 84 valence electrons. The van der Waals surface area contributed by atoms with Gasteiger partial charge in [0.1, 0.15) is 0 Å². The molecule has 0 aliphatic carbocycles. The fourth-order valence-corrected chi connectivity index (χ4v) is 1.46. The number of hydrogen-bond donors (Lipinski definition) is 2. The van der Waals surface area contributed by atoms with E-state index in [9.17, 15) is 8.42 Å². The zero-order chi connectivity index (χ0) is 10.6. The van der Waals surface area contributed by atoms with Gasteiger partial charge in [0.05, 0.1) is 0 Å². The lowest BCUT2D eigenvalue weighted by Gasteiger charge is -2.04. The Morgan fingerprint density at radius 1 is 1.33 bits per heavy atom. The molecule has 0 radical (unpaired) electrons. The average molecular weight is 249 g/mol. The van der Waals surface area contributed by atoms with Crippen LogP contribution in [0.5, 0.6) is 0 Å². The third-order valence-corrected chi connectivity index (χ3v) is 2.63. The van der Waals surface area contributed by atoms with E-state index >= 15 is 0 Å². The third-order valence-electron chi connectivity index (χ3n) is 1.67. The van der Waals surface area contributed by atoms with Crippen molar-refractivity contribution in [3.8, 4) is 0 Å². The molecular weight excluding hydrogens is 236 g/mol. The minimum Gasteiger partial charge on any atom is -0.326 e. The second-order valence-electron chi connectivity index (χ2n) is 2.71. The highest BCUT2D eigenvalue weighted by Gasteiger charge is 2.03. The first-order chi connectivity index (χ1) is 6.57. The van der Waals surface area contributed by atoms with E-state index in [1.54, 1.807) is 24.3 Å². The van der Waals surface area contributed by atoms with Crippen molar-refractivity contribution in [2.75, 3.05) is 4.72 Å². The van der Waals surface area contributed by atoms with Gasteiger partial charge in [0.2, 0.25) is 0 Å². The van der Waals surface area contributed by atoms with E-state index < -0.39 is 10.0 Å². The van der Waals surface area contributed by atoms with Crippen molar-refractivity contribution >= 4 is 28.1 Å². The number of nitrogens with two attached hydrogens (primary N) is 1. The summed E-state index contributed by atoms with van der Waals surface area (Å²) in [7, 11) is -3.41. The maximum absolute atomic E-state index is 11.1. The van der Waals surface area contributed by atoms with Crippen LogP contribution in [0, 0.1) is 0 Å². The zero-order valence-corrected chi connectivity index (χ0v) is 9.64. The number of nitrogens with one attached hydrogen (secondary N) is 1. The van der Waals surface area contributed by atoms with Gasteiger partial charge in [-0.15, -0.1) is 12.4 Å². The lowest BCUT2D eigenvalue weighted by molar-refractivity contribution is 0.609. The van der Waals surface area contributed by atoms with Gasteiger partial charge in [0.15, 0.2) is 0 Å². The molecule has 0 saturated heterocycles. The Morgan fingerprint density at radius 3 is 2.27 bits per heavy atom. The molecule has 0 spiro atoms. The predicted octanol–water partition coefficient (Wildman–Crippen LogP) is 1.45. The van der Waals surface area contributed by atoms with Crippen LogP contribution in [0.3, 0.4) is 0 Å². The first-order valence-corrected chi connectivity index (χ1v) is 5.56. The molecule has 3 N–H and O–H groups in total. The van der Waals surface area contributed by atoms with Gasteiger partial charge in [-0.05, 0) is 17.7 Å². The molecular formula is C9H13ClN2O2S. The molecule has 0 unspecified atom stereocenters. The van der Waals surface area contributed by atoms with Crippen LogP contribution in [0.15, 0.2) is 36.3 Å². The number of benzene rings is 1. The third kappa shape index (κ3) is 4.33. The molecule has 0 atom stereocenters. The van der Waals surface area contributed by atoms with E-state index in [4.69, 9.17) is 5.73 Å². The molecule has 0 bridgehead atoms. The number of halogens is 1. The van der Waals surface area contributed by atoms with Crippen LogP contribution in [0.25, 0.3) is 0 Å². The molecule has 0 aliphatic heterocycles. The Labute approximate surface area is 95.6 Å². The van der Waals surface area contributed by atoms with E-state index in [0.29, 0.717) is 12.2 Å². The fraction of sp³-hybridized carbons (Fsp3) is 0.111. The van der Waals surface area contributed by atoms with Crippen LogP contribution >= 0.6 is 12.4 Å². The van der Waals surface area contributed by atoms with Crippen LogP contribution in [0.4, 0.5) is 5.69 Å². The highest BCUT2D eigenvalue weighted by molar-refractivity contribution is 7.95. The maximum atomic E-state index is 11.1. The standard InChI is InChI=1S/C9H12N2O2S.ClH/c1-2-14(12,13)11-9-5-3-8(7-10)4-6-9;/h2-6,11H,1,7,10H2;1H. The normalized spacial score (nSPS) is 10.2. The molecule has 1 aromatic rings. The van der Waals surface area contributed by atoms with Crippen molar-refractivity contribution in [2.24, 2.45) is 5.73 Å². The van der Waals surface area contributed by atoms with Gasteiger partial charge in [-0.25, -0.2) is 8.42 Å². The zero-order valence-electron chi connectivity index (χ0n) is 8.01. The summed E-state index contributed by atoms with van der Waals surface area (Å²) >= 11 is 0. The molecule has 15 heavy (non-hydrogen) atoms. The Morgan fingerprint density at radius 2 is 1.87 bits per heavy atom. The monoisotopic (exact) mass is 248 g/mol. The second-order valence-corrected chi connectivity index (χ2v) is 4.34. The lowest BCUT2D eigenvalue weighted by Crippen LogP contribution is -2.08. The van der Waals surface area contributed by atoms with Crippen LogP contribution < -0.4 is 10.5 Å². The molecule has 0 aromatic heterocycles. The van der Waals surface area contributed by atoms with Crippen LogP contribution in [0.1, 0.15) is 5.56 Å².